The van der Waals surface area contributed by atoms with Crippen molar-refractivity contribution in [2.24, 2.45) is 0 Å². The molecular weight excluding hydrogens is 306 g/mol. The number of anilines is 1. The number of hydrogen-bond donors (Lipinski definition) is 1. The molecule has 7 heteroatoms. The first-order valence-corrected chi connectivity index (χ1v) is 7.60. The Balaban J connectivity index is 1.61. The number of halogens is 1. The Morgan fingerprint density at radius 2 is 2.14 bits per heavy atom. The van der Waals surface area contributed by atoms with Crippen molar-refractivity contribution in [2.45, 2.75) is 6.54 Å². The standard InChI is InChI=1S/C14H10ClN5S/c15-9-1-2-12-19-10(7-20(12)6-9)5-16-13-11-3-4-21-14(11)18-8-17-13/h1-4,6-8H,5H2,(H,16,17,18). The zero-order valence-electron chi connectivity index (χ0n) is 10.8. The summed E-state index contributed by atoms with van der Waals surface area (Å²) in [5.41, 5.74) is 1.80. The predicted octanol–water partition coefficient (Wildman–Crippen LogP) is 3.60. The predicted molar refractivity (Wildman–Crippen MR) is 84.9 cm³/mol. The van der Waals surface area contributed by atoms with Gasteiger partial charge >= 0.3 is 0 Å². The van der Waals surface area contributed by atoms with Gasteiger partial charge in [-0.3, -0.25) is 0 Å². The molecular formula is C14H10ClN5S. The van der Waals surface area contributed by atoms with E-state index in [-0.39, 0.29) is 0 Å². The lowest BCUT2D eigenvalue weighted by molar-refractivity contribution is 1.06. The van der Waals surface area contributed by atoms with E-state index in [1.54, 1.807) is 17.7 Å². The highest BCUT2D eigenvalue weighted by atomic mass is 35.5. The quantitative estimate of drug-likeness (QED) is 0.627. The Morgan fingerprint density at radius 3 is 3.10 bits per heavy atom. The monoisotopic (exact) mass is 315 g/mol. The summed E-state index contributed by atoms with van der Waals surface area (Å²) < 4.78 is 1.92. The summed E-state index contributed by atoms with van der Waals surface area (Å²) in [5.74, 6) is 0.830. The maximum absolute atomic E-state index is 5.97. The van der Waals surface area contributed by atoms with Crippen LogP contribution in [0.1, 0.15) is 5.69 Å². The van der Waals surface area contributed by atoms with E-state index < -0.39 is 0 Å². The fourth-order valence-corrected chi connectivity index (χ4v) is 3.11. The molecule has 0 aliphatic heterocycles. The van der Waals surface area contributed by atoms with E-state index in [0.29, 0.717) is 11.6 Å². The number of pyridine rings is 1. The molecule has 0 amide bonds. The van der Waals surface area contributed by atoms with Crippen LogP contribution in [0.2, 0.25) is 5.02 Å². The first kappa shape index (κ1) is 12.6. The van der Waals surface area contributed by atoms with Crippen LogP contribution in [0.3, 0.4) is 0 Å². The van der Waals surface area contributed by atoms with Crippen LogP contribution in [0.25, 0.3) is 15.9 Å². The van der Waals surface area contributed by atoms with Gasteiger partial charge in [0.05, 0.1) is 22.6 Å². The highest BCUT2D eigenvalue weighted by Gasteiger charge is 2.06. The van der Waals surface area contributed by atoms with Crippen LogP contribution in [-0.2, 0) is 6.54 Å². The van der Waals surface area contributed by atoms with Gasteiger partial charge in [-0.25, -0.2) is 15.0 Å². The average molecular weight is 316 g/mol. The first-order valence-electron chi connectivity index (χ1n) is 6.35. The summed E-state index contributed by atoms with van der Waals surface area (Å²) in [6.45, 7) is 0.598. The third-order valence-electron chi connectivity index (χ3n) is 3.16. The Hall–Kier alpha value is -2.18. The highest BCUT2D eigenvalue weighted by Crippen LogP contribution is 2.24. The third kappa shape index (κ3) is 2.32. The topological polar surface area (TPSA) is 55.1 Å². The molecule has 0 aliphatic rings. The second-order valence-corrected chi connectivity index (χ2v) is 5.89. The molecule has 4 rings (SSSR count). The van der Waals surface area contributed by atoms with E-state index >= 15 is 0 Å². The molecule has 104 valence electrons. The lowest BCUT2D eigenvalue weighted by Gasteiger charge is -2.03. The number of aromatic nitrogens is 4. The number of imidazole rings is 1. The zero-order chi connectivity index (χ0) is 14.2. The molecule has 1 N–H and O–H groups in total. The maximum atomic E-state index is 5.97. The van der Waals surface area contributed by atoms with Gasteiger partial charge in [0.2, 0.25) is 0 Å². The van der Waals surface area contributed by atoms with Crippen molar-refractivity contribution in [2.75, 3.05) is 5.32 Å². The van der Waals surface area contributed by atoms with E-state index in [4.69, 9.17) is 11.6 Å². The second kappa shape index (κ2) is 4.98. The fourth-order valence-electron chi connectivity index (χ4n) is 2.21. The molecule has 4 heterocycles. The molecule has 0 saturated heterocycles. The lowest BCUT2D eigenvalue weighted by Crippen LogP contribution is -2.02. The van der Waals surface area contributed by atoms with Crippen LogP contribution in [0, 0.1) is 0 Å². The van der Waals surface area contributed by atoms with Crippen molar-refractivity contribution in [3.8, 4) is 0 Å². The summed E-state index contributed by atoms with van der Waals surface area (Å²) in [4.78, 5) is 14.0. The summed E-state index contributed by atoms with van der Waals surface area (Å²) in [7, 11) is 0. The lowest BCUT2D eigenvalue weighted by atomic mass is 10.3. The minimum absolute atomic E-state index is 0.598. The number of nitrogens with zero attached hydrogens (tertiary/aromatic N) is 4. The van der Waals surface area contributed by atoms with Gasteiger partial charge in [0.15, 0.2) is 0 Å². The average Bonchev–Trinajstić information content (AvgIpc) is 3.10. The van der Waals surface area contributed by atoms with Gasteiger partial charge in [0, 0.05) is 12.4 Å². The van der Waals surface area contributed by atoms with Gasteiger partial charge in [-0.15, -0.1) is 11.3 Å². The largest absolute Gasteiger partial charge is 0.364 e. The minimum atomic E-state index is 0.598. The fraction of sp³-hybridized carbons (Fsp3) is 0.0714. The highest BCUT2D eigenvalue weighted by molar-refractivity contribution is 7.16. The summed E-state index contributed by atoms with van der Waals surface area (Å²) in [5, 5.41) is 7.05. The van der Waals surface area contributed by atoms with Gasteiger partial charge < -0.3 is 9.72 Å². The van der Waals surface area contributed by atoms with Crippen molar-refractivity contribution < 1.29 is 0 Å². The van der Waals surface area contributed by atoms with Crippen LogP contribution in [0.15, 0.2) is 42.3 Å². The third-order valence-corrected chi connectivity index (χ3v) is 4.21. The van der Waals surface area contributed by atoms with Gasteiger partial charge in [-0.2, -0.15) is 0 Å². The van der Waals surface area contributed by atoms with Crippen molar-refractivity contribution in [1.82, 2.24) is 19.4 Å². The second-order valence-electron chi connectivity index (χ2n) is 4.56. The van der Waals surface area contributed by atoms with Crippen molar-refractivity contribution >= 4 is 44.6 Å². The Kier molecular flexibility index (Phi) is 2.98. The normalized spacial score (nSPS) is 11.3. The van der Waals surface area contributed by atoms with Crippen LogP contribution in [-0.4, -0.2) is 19.4 Å². The van der Waals surface area contributed by atoms with Crippen molar-refractivity contribution in [3.05, 3.63) is 53.0 Å². The molecule has 0 saturated carbocycles. The molecule has 4 aromatic heterocycles. The van der Waals surface area contributed by atoms with Gasteiger partial charge in [0.25, 0.3) is 0 Å². The van der Waals surface area contributed by atoms with E-state index in [1.807, 2.05) is 40.4 Å². The van der Waals surface area contributed by atoms with E-state index in [2.05, 4.69) is 20.3 Å². The van der Waals surface area contributed by atoms with E-state index in [0.717, 1.165) is 27.4 Å². The van der Waals surface area contributed by atoms with Crippen LogP contribution in [0.5, 0.6) is 0 Å². The molecule has 0 fully saturated rings. The van der Waals surface area contributed by atoms with E-state index in [1.165, 1.54) is 0 Å². The van der Waals surface area contributed by atoms with E-state index in [9.17, 15) is 0 Å². The molecule has 0 aliphatic carbocycles. The molecule has 0 bridgehead atoms. The zero-order valence-corrected chi connectivity index (χ0v) is 12.4. The van der Waals surface area contributed by atoms with Crippen LogP contribution < -0.4 is 5.32 Å². The Labute approximate surface area is 129 Å². The summed E-state index contributed by atoms with van der Waals surface area (Å²) in [6.07, 6.45) is 5.37. The smallest absolute Gasteiger partial charge is 0.138 e. The Bertz CT molecular complexity index is 929. The summed E-state index contributed by atoms with van der Waals surface area (Å²) in [6, 6.07) is 5.75. The van der Waals surface area contributed by atoms with Gasteiger partial charge in [-0.1, -0.05) is 11.6 Å². The van der Waals surface area contributed by atoms with Crippen molar-refractivity contribution in [3.63, 3.8) is 0 Å². The number of nitrogens with one attached hydrogen (secondary N) is 1. The molecule has 5 nitrogen and oxygen atoms in total. The first-order chi connectivity index (χ1) is 10.3. The minimum Gasteiger partial charge on any atom is -0.364 e. The van der Waals surface area contributed by atoms with Crippen LogP contribution in [0.4, 0.5) is 5.82 Å². The molecule has 0 radical (unpaired) electrons. The molecule has 0 unspecified atom stereocenters. The number of rotatable bonds is 3. The Morgan fingerprint density at radius 1 is 1.19 bits per heavy atom. The summed E-state index contributed by atoms with van der Waals surface area (Å²) >= 11 is 7.58. The SMILES string of the molecule is Clc1ccc2nc(CNc3ncnc4sccc34)cn2c1. The van der Waals surface area contributed by atoms with Gasteiger partial charge in [0.1, 0.15) is 22.6 Å². The van der Waals surface area contributed by atoms with Gasteiger partial charge in [-0.05, 0) is 23.6 Å². The molecule has 0 spiro atoms. The number of fused-ring (bicyclic) bond motifs is 2. The number of thiophene rings is 1. The molecule has 4 aromatic rings. The molecule has 0 aromatic carbocycles. The number of hydrogen-bond acceptors (Lipinski definition) is 5. The van der Waals surface area contributed by atoms with Crippen LogP contribution >= 0.6 is 22.9 Å². The molecule has 21 heavy (non-hydrogen) atoms. The van der Waals surface area contributed by atoms with Crippen molar-refractivity contribution in [1.29, 1.82) is 0 Å². The maximum Gasteiger partial charge on any atom is 0.138 e. The molecule has 0 atom stereocenters.